The molecule has 29 heavy (non-hydrogen) atoms. The summed E-state index contributed by atoms with van der Waals surface area (Å²) in [5.41, 5.74) is 4.66. The predicted octanol–water partition coefficient (Wildman–Crippen LogP) is 1.05. The normalized spacial score (nSPS) is 19.2. The van der Waals surface area contributed by atoms with Crippen LogP contribution in [-0.4, -0.2) is 45.7 Å². The SMILES string of the molecule is COc1ccc(C)cc1NC(=O)C[NH+]1CC[NH+](Cc2ccc(C(C)C)cc2)CC1. The van der Waals surface area contributed by atoms with Gasteiger partial charge in [0.1, 0.15) is 38.5 Å². The zero-order chi connectivity index (χ0) is 20.8. The van der Waals surface area contributed by atoms with E-state index in [2.05, 4.69) is 43.4 Å². The Balaban J connectivity index is 1.46. The van der Waals surface area contributed by atoms with Gasteiger partial charge in [0.15, 0.2) is 6.54 Å². The number of anilines is 1. The number of methoxy groups -OCH3 is 1. The van der Waals surface area contributed by atoms with Gasteiger partial charge in [0.25, 0.3) is 5.91 Å². The van der Waals surface area contributed by atoms with Crippen LogP contribution < -0.4 is 19.9 Å². The Labute approximate surface area is 174 Å². The predicted molar refractivity (Wildman–Crippen MR) is 117 cm³/mol. The van der Waals surface area contributed by atoms with Crippen molar-refractivity contribution in [2.75, 3.05) is 45.2 Å². The second kappa shape index (κ2) is 9.90. The highest BCUT2D eigenvalue weighted by Gasteiger charge is 2.25. The molecule has 0 radical (unpaired) electrons. The zero-order valence-corrected chi connectivity index (χ0v) is 18.2. The molecule has 2 aromatic rings. The third-order valence-electron chi connectivity index (χ3n) is 5.80. The van der Waals surface area contributed by atoms with Gasteiger partial charge >= 0.3 is 0 Å². The maximum absolute atomic E-state index is 12.5. The first-order valence-corrected chi connectivity index (χ1v) is 10.6. The van der Waals surface area contributed by atoms with Crippen molar-refractivity contribution in [2.45, 2.75) is 33.2 Å². The van der Waals surface area contributed by atoms with E-state index in [4.69, 9.17) is 4.74 Å². The molecule has 2 aromatic carbocycles. The van der Waals surface area contributed by atoms with Crippen molar-refractivity contribution in [3.63, 3.8) is 0 Å². The number of benzene rings is 2. The Morgan fingerprint density at radius 1 is 1.03 bits per heavy atom. The van der Waals surface area contributed by atoms with E-state index in [-0.39, 0.29) is 5.91 Å². The number of piperazine rings is 1. The maximum Gasteiger partial charge on any atom is 0.279 e. The summed E-state index contributed by atoms with van der Waals surface area (Å²) in [4.78, 5) is 15.5. The van der Waals surface area contributed by atoms with Crippen LogP contribution in [0.2, 0.25) is 0 Å². The van der Waals surface area contributed by atoms with E-state index in [9.17, 15) is 4.79 Å². The number of nitrogens with one attached hydrogen (secondary N) is 3. The molecule has 0 aliphatic carbocycles. The molecule has 1 amide bonds. The average Bonchev–Trinajstić information content (AvgIpc) is 2.70. The highest BCUT2D eigenvalue weighted by molar-refractivity contribution is 5.93. The van der Waals surface area contributed by atoms with Crippen molar-refractivity contribution in [3.8, 4) is 5.75 Å². The Morgan fingerprint density at radius 3 is 2.31 bits per heavy atom. The number of aryl methyl sites for hydroxylation is 1. The van der Waals surface area contributed by atoms with Crippen LogP contribution in [0.1, 0.15) is 36.5 Å². The summed E-state index contributed by atoms with van der Waals surface area (Å²) < 4.78 is 5.36. The minimum Gasteiger partial charge on any atom is -0.495 e. The summed E-state index contributed by atoms with van der Waals surface area (Å²) >= 11 is 0. The Bertz CT molecular complexity index is 809. The third-order valence-corrected chi connectivity index (χ3v) is 5.80. The van der Waals surface area contributed by atoms with Gasteiger partial charge in [0, 0.05) is 5.56 Å². The van der Waals surface area contributed by atoms with Crippen LogP contribution in [0, 0.1) is 6.92 Å². The lowest BCUT2D eigenvalue weighted by atomic mass is 10.0. The highest BCUT2D eigenvalue weighted by Crippen LogP contribution is 2.24. The lowest BCUT2D eigenvalue weighted by Gasteiger charge is -2.29. The summed E-state index contributed by atoms with van der Waals surface area (Å²) in [5.74, 6) is 1.34. The summed E-state index contributed by atoms with van der Waals surface area (Å²) in [6, 6.07) is 14.9. The van der Waals surface area contributed by atoms with Crippen molar-refractivity contribution >= 4 is 11.6 Å². The van der Waals surface area contributed by atoms with Crippen molar-refractivity contribution in [3.05, 3.63) is 59.2 Å². The lowest BCUT2D eigenvalue weighted by Crippen LogP contribution is -3.28. The van der Waals surface area contributed by atoms with Gasteiger partial charge in [-0.05, 0) is 36.1 Å². The van der Waals surface area contributed by atoms with Crippen molar-refractivity contribution in [2.24, 2.45) is 0 Å². The van der Waals surface area contributed by atoms with Crippen LogP contribution in [0.5, 0.6) is 5.75 Å². The summed E-state index contributed by atoms with van der Waals surface area (Å²) in [5, 5.41) is 3.02. The summed E-state index contributed by atoms with van der Waals surface area (Å²) in [7, 11) is 1.63. The largest absolute Gasteiger partial charge is 0.495 e. The van der Waals surface area contributed by atoms with Gasteiger partial charge in [0.2, 0.25) is 0 Å². The van der Waals surface area contributed by atoms with Crippen LogP contribution in [0.3, 0.4) is 0 Å². The standard InChI is InChI=1S/C24H33N3O2/c1-18(2)21-8-6-20(7-9-21)16-26-11-13-27(14-12-26)17-24(28)25-22-15-19(3)5-10-23(22)29-4/h5-10,15,18H,11-14,16-17H2,1-4H3,(H,25,28)/p+2. The Morgan fingerprint density at radius 2 is 1.69 bits per heavy atom. The monoisotopic (exact) mass is 397 g/mol. The van der Waals surface area contributed by atoms with E-state index < -0.39 is 0 Å². The second-order valence-electron chi connectivity index (χ2n) is 8.50. The lowest BCUT2D eigenvalue weighted by molar-refractivity contribution is -1.02. The van der Waals surface area contributed by atoms with Crippen LogP contribution in [-0.2, 0) is 11.3 Å². The van der Waals surface area contributed by atoms with Crippen LogP contribution in [0.25, 0.3) is 0 Å². The first-order valence-electron chi connectivity index (χ1n) is 10.6. The molecule has 1 heterocycles. The summed E-state index contributed by atoms with van der Waals surface area (Å²) in [6.07, 6.45) is 0. The fraction of sp³-hybridized carbons (Fsp3) is 0.458. The van der Waals surface area contributed by atoms with Crippen LogP contribution in [0.15, 0.2) is 42.5 Å². The molecule has 0 saturated carbocycles. The number of ether oxygens (including phenoxy) is 1. The van der Waals surface area contributed by atoms with E-state index in [1.54, 1.807) is 12.0 Å². The number of hydrogen-bond donors (Lipinski definition) is 3. The van der Waals surface area contributed by atoms with Crippen LogP contribution in [0.4, 0.5) is 5.69 Å². The molecule has 5 nitrogen and oxygen atoms in total. The third kappa shape index (κ3) is 6.05. The van der Waals surface area contributed by atoms with Gasteiger partial charge < -0.3 is 19.9 Å². The first kappa shape index (κ1) is 21.3. The first-order chi connectivity index (χ1) is 13.9. The molecular formula is C24H35N3O2+2. The molecule has 5 heteroatoms. The van der Waals surface area contributed by atoms with Gasteiger partial charge in [0.05, 0.1) is 12.8 Å². The minimum atomic E-state index is 0.0524. The van der Waals surface area contributed by atoms with Gasteiger partial charge in [-0.15, -0.1) is 0 Å². The molecule has 0 aromatic heterocycles. The van der Waals surface area contributed by atoms with Crippen molar-refractivity contribution < 1.29 is 19.3 Å². The number of amides is 1. The van der Waals surface area contributed by atoms with Crippen molar-refractivity contribution in [1.82, 2.24) is 0 Å². The molecule has 0 atom stereocenters. The molecular weight excluding hydrogens is 362 g/mol. The van der Waals surface area contributed by atoms with Crippen LogP contribution >= 0.6 is 0 Å². The molecule has 1 fully saturated rings. The van der Waals surface area contributed by atoms with Gasteiger partial charge in [-0.25, -0.2) is 0 Å². The quantitative estimate of drug-likeness (QED) is 0.654. The minimum absolute atomic E-state index is 0.0524. The second-order valence-corrected chi connectivity index (χ2v) is 8.50. The number of carbonyl (C=O) groups excluding carboxylic acids is 1. The summed E-state index contributed by atoms with van der Waals surface area (Å²) in [6.45, 7) is 12.3. The smallest absolute Gasteiger partial charge is 0.279 e. The average molecular weight is 398 g/mol. The molecule has 3 rings (SSSR count). The molecule has 1 aliphatic rings. The Hall–Kier alpha value is -2.37. The fourth-order valence-electron chi connectivity index (χ4n) is 3.96. The molecule has 156 valence electrons. The van der Waals surface area contributed by atoms with E-state index in [1.807, 2.05) is 25.1 Å². The van der Waals surface area contributed by atoms with Gasteiger partial charge in [-0.3, -0.25) is 4.79 Å². The van der Waals surface area contributed by atoms with Crippen molar-refractivity contribution in [1.29, 1.82) is 0 Å². The maximum atomic E-state index is 12.5. The number of carbonyl (C=O) groups is 1. The van der Waals surface area contributed by atoms with Gasteiger partial charge in [-0.2, -0.15) is 0 Å². The molecule has 1 saturated heterocycles. The highest BCUT2D eigenvalue weighted by atomic mass is 16.5. The topological polar surface area (TPSA) is 47.2 Å². The number of hydrogen-bond acceptors (Lipinski definition) is 2. The molecule has 3 N–H and O–H groups in total. The number of rotatable bonds is 7. The van der Waals surface area contributed by atoms with E-state index in [1.165, 1.54) is 16.0 Å². The number of quaternary nitrogens is 2. The van der Waals surface area contributed by atoms with E-state index in [0.717, 1.165) is 44.0 Å². The molecule has 0 bridgehead atoms. The van der Waals surface area contributed by atoms with Gasteiger partial charge in [-0.1, -0.05) is 44.2 Å². The molecule has 0 spiro atoms. The van der Waals surface area contributed by atoms with E-state index >= 15 is 0 Å². The van der Waals surface area contributed by atoms with E-state index in [0.29, 0.717) is 18.2 Å². The Kier molecular flexibility index (Phi) is 7.29. The molecule has 0 unspecified atom stereocenters. The molecule has 1 aliphatic heterocycles. The zero-order valence-electron chi connectivity index (χ0n) is 18.2. The fourth-order valence-corrected chi connectivity index (χ4v) is 3.96.